The molecule has 0 fully saturated rings. The Hall–Kier alpha value is -3.27. The number of nitrogens with one attached hydrogen (secondary N) is 1. The molecule has 1 aromatic carbocycles. The molecule has 1 atom stereocenters. The highest BCUT2D eigenvalue weighted by Gasteiger charge is 2.28. The minimum Gasteiger partial charge on any atom is -0.467 e. The number of aromatic nitrogens is 2. The largest absolute Gasteiger partial charge is 0.467 e. The zero-order chi connectivity index (χ0) is 19.8. The lowest BCUT2D eigenvalue weighted by atomic mass is 10.1. The Labute approximate surface area is 155 Å². The second-order valence-corrected chi connectivity index (χ2v) is 5.69. The van der Waals surface area contributed by atoms with E-state index < -0.39 is 22.8 Å². The lowest BCUT2D eigenvalue weighted by Crippen LogP contribution is -2.42. The maximum absolute atomic E-state index is 11.8. The summed E-state index contributed by atoms with van der Waals surface area (Å²) in [4.78, 5) is 37.9. The van der Waals surface area contributed by atoms with Crippen molar-refractivity contribution in [3.8, 4) is 0 Å². The number of esters is 1. The Morgan fingerprint density at radius 1 is 1.33 bits per heavy atom. The molecule has 2 rings (SSSR count). The van der Waals surface area contributed by atoms with Crippen LogP contribution in [0, 0.1) is 10.1 Å². The van der Waals surface area contributed by atoms with Crippen molar-refractivity contribution in [3.05, 3.63) is 58.0 Å². The van der Waals surface area contributed by atoms with Gasteiger partial charge in [0.1, 0.15) is 11.7 Å². The van der Waals surface area contributed by atoms with Gasteiger partial charge in [-0.05, 0) is 10.5 Å². The third-order valence-corrected chi connectivity index (χ3v) is 3.66. The van der Waals surface area contributed by atoms with Crippen LogP contribution in [-0.4, -0.2) is 39.5 Å². The molecule has 0 aliphatic rings. The SMILES string of the molecule is COC(=O)[C@H](Cc1ncn(COCc2ccccc2)c1[N+](=O)[O-])NC(C)=O. The van der Waals surface area contributed by atoms with E-state index in [4.69, 9.17) is 4.74 Å². The van der Waals surface area contributed by atoms with Gasteiger partial charge in [-0.1, -0.05) is 30.3 Å². The number of benzene rings is 1. The van der Waals surface area contributed by atoms with Crippen LogP contribution in [-0.2, 0) is 38.8 Å². The molecule has 0 aliphatic carbocycles. The van der Waals surface area contributed by atoms with Gasteiger partial charge in [0.05, 0.1) is 13.7 Å². The Bertz CT molecular complexity index is 805. The Morgan fingerprint density at radius 2 is 2.04 bits per heavy atom. The normalized spacial score (nSPS) is 11.6. The Balaban J connectivity index is 2.12. The van der Waals surface area contributed by atoms with Gasteiger partial charge in [0.25, 0.3) is 0 Å². The zero-order valence-corrected chi connectivity index (χ0v) is 15.0. The molecule has 0 unspecified atom stereocenters. The molecule has 0 aliphatic heterocycles. The molecule has 0 radical (unpaired) electrons. The zero-order valence-electron chi connectivity index (χ0n) is 15.0. The van der Waals surface area contributed by atoms with Crippen LogP contribution < -0.4 is 5.32 Å². The maximum Gasteiger partial charge on any atom is 0.347 e. The van der Waals surface area contributed by atoms with E-state index in [1.165, 1.54) is 24.9 Å². The number of nitro groups is 1. The van der Waals surface area contributed by atoms with Crippen molar-refractivity contribution < 1.29 is 24.0 Å². The molecule has 27 heavy (non-hydrogen) atoms. The first-order valence-electron chi connectivity index (χ1n) is 8.07. The number of imidazole rings is 1. The summed E-state index contributed by atoms with van der Waals surface area (Å²) in [5.74, 6) is -1.48. The molecule has 0 saturated carbocycles. The average Bonchev–Trinajstić information content (AvgIpc) is 3.03. The summed E-state index contributed by atoms with van der Waals surface area (Å²) in [6.07, 6.45) is 1.09. The number of rotatable bonds is 9. The van der Waals surface area contributed by atoms with Crippen LogP contribution in [0.5, 0.6) is 0 Å². The number of hydrogen-bond acceptors (Lipinski definition) is 7. The highest BCUT2D eigenvalue weighted by Crippen LogP contribution is 2.20. The van der Waals surface area contributed by atoms with Gasteiger partial charge in [0.2, 0.25) is 5.91 Å². The monoisotopic (exact) mass is 376 g/mol. The van der Waals surface area contributed by atoms with Crippen molar-refractivity contribution in [1.82, 2.24) is 14.9 Å². The van der Waals surface area contributed by atoms with E-state index in [1.54, 1.807) is 0 Å². The second-order valence-electron chi connectivity index (χ2n) is 5.69. The van der Waals surface area contributed by atoms with Gasteiger partial charge >= 0.3 is 11.8 Å². The van der Waals surface area contributed by atoms with Gasteiger partial charge in [0, 0.05) is 13.3 Å². The topological polar surface area (TPSA) is 126 Å². The molecule has 10 heteroatoms. The Morgan fingerprint density at radius 3 is 2.63 bits per heavy atom. The van der Waals surface area contributed by atoms with Crippen molar-refractivity contribution in [3.63, 3.8) is 0 Å². The summed E-state index contributed by atoms with van der Waals surface area (Å²) in [5, 5.41) is 13.9. The lowest BCUT2D eigenvalue weighted by molar-refractivity contribution is -0.393. The summed E-state index contributed by atoms with van der Waals surface area (Å²) in [7, 11) is 1.17. The van der Waals surface area contributed by atoms with Crippen LogP contribution in [0.4, 0.5) is 5.82 Å². The predicted molar refractivity (Wildman–Crippen MR) is 93.4 cm³/mol. The number of carbonyl (C=O) groups excluding carboxylic acids is 2. The highest BCUT2D eigenvalue weighted by atomic mass is 16.6. The molecule has 1 N–H and O–H groups in total. The molecule has 1 aromatic heterocycles. The van der Waals surface area contributed by atoms with Crippen LogP contribution in [0.2, 0.25) is 0 Å². The van der Waals surface area contributed by atoms with Crippen LogP contribution in [0.1, 0.15) is 18.2 Å². The van der Waals surface area contributed by atoms with Crippen LogP contribution >= 0.6 is 0 Å². The molecule has 2 aromatic rings. The van der Waals surface area contributed by atoms with Gasteiger partial charge < -0.3 is 24.9 Å². The predicted octanol–water partition coefficient (Wildman–Crippen LogP) is 1.19. The first-order valence-corrected chi connectivity index (χ1v) is 8.07. The van der Waals surface area contributed by atoms with E-state index >= 15 is 0 Å². The summed E-state index contributed by atoms with van der Waals surface area (Å²) in [6.45, 7) is 1.43. The summed E-state index contributed by atoms with van der Waals surface area (Å²) >= 11 is 0. The van der Waals surface area contributed by atoms with Crippen molar-refractivity contribution in [2.45, 2.75) is 32.7 Å². The lowest BCUT2D eigenvalue weighted by Gasteiger charge is -2.14. The number of methoxy groups -OCH3 is 1. The van der Waals surface area contributed by atoms with Crippen LogP contribution in [0.15, 0.2) is 36.7 Å². The van der Waals surface area contributed by atoms with Crippen molar-refractivity contribution in [2.24, 2.45) is 0 Å². The Kier molecular flexibility index (Phi) is 7.00. The minimum absolute atomic E-state index is 0.0486. The molecule has 144 valence electrons. The summed E-state index contributed by atoms with van der Waals surface area (Å²) < 4.78 is 11.4. The van der Waals surface area contributed by atoms with Crippen LogP contribution in [0.3, 0.4) is 0 Å². The van der Waals surface area contributed by atoms with Gasteiger partial charge in [-0.15, -0.1) is 0 Å². The molecular formula is C17H20N4O6. The molecule has 0 bridgehead atoms. The quantitative estimate of drug-likeness (QED) is 0.396. The van der Waals surface area contributed by atoms with E-state index in [0.717, 1.165) is 5.56 Å². The summed E-state index contributed by atoms with van der Waals surface area (Å²) in [6, 6.07) is 8.30. The second kappa shape index (κ2) is 9.43. The van der Waals surface area contributed by atoms with Crippen molar-refractivity contribution in [1.29, 1.82) is 0 Å². The number of ether oxygens (including phenoxy) is 2. The third kappa shape index (κ3) is 5.61. The number of nitrogens with zero attached hydrogens (tertiary/aromatic N) is 3. The molecule has 1 heterocycles. The first kappa shape index (κ1) is 20.0. The fraction of sp³-hybridized carbons (Fsp3) is 0.353. The van der Waals surface area contributed by atoms with Gasteiger partial charge in [-0.25, -0.2) is 9.78 Å². The van der Waals surface area contributed by atoms with Crippen molar-refractivity contribution in [2.75, 3.05) is 7.11 Å². The number of amides is 1. The third-order valence-electron chi connectivity index (χ3n) is 3.66. The molecule has 10 nitrogen and oxygen atoms in total. The fourth-order valence-corrected chi connectivity index (χ4v) is 2.48. The van der Waals surface area contributed by atoms with Gasteiger partial charge in [-0.2, -0.15) is 4.57 Å². The van der Waals surface area contributed by atoms with E-state index in [9.17, 15) is 19.7 Å². The van der Waals surface area contributed by atoms with E-state index in [2.05, 4.69) is 15.0 Å². The molecule has 1 amide bonds. The smallest absolute Gasteiger partial charge is 0.347 e. The van der Waals surface area contributed by atoms with Gasteiger partial charge in [0.15, 0.2) is 13.1 Å². The van der Waals surface area contributed by atoms with E-state index in [-0.39, 0.29) is 31.3 Å². The molecule has 0 spiro atoms. The minimum atomic E-state index is -1.07. The first-order chi connectivity index (χ1) is 12.9. The van der Waals surface area contributed by atoms with Crippen LogP contribution in [0.25, 0.3) is 0 Å². The standard InChI is InChI=1S/C17H20N4O6/c1-12(22)19-15(17(23)26-2)8-14-16(21(24)25)20(10-18-14)11-27-9-13-6-4-3-5-7-13/h3-7,10,15H,8-9,11H2,1-2H3,(H,19,22)/t15-/m0/s1. The molecular weight excluding hydrogens is 356 g/mol. The fourth-order valence-electron chi connectivity index (χ4n) is 2.48. The number of carbonyl (C=O) groups is 2. The van der Waals surface area contributed by atoms with E-state index in [0.29, 0.717) is 0 Å². The highest BCUT2D eigenvalue weighted by molar-refractivity contribution is 5.83. The molecule has 0 saturated heterocycles. The maximum atomic E-state index is 11.8. The van der Waals surface area contributed by atoms with Crippen molar-refractivity contribution >= 4 is 17.7 Å². The number of hydrogen-bond donors (Lipinski definition) is 1. The average molecular weight is 376 g/mol. The van der Waals surface area contributed by atoms with Gasteiger partial charge in [-0.3, -0.25) is 4.79 Å². The summed E-state index contributed by atoms with van der Waals surface area (Å²) in [5.41, 5.74) is 0.976. The van der Waals surface area contributed by atoms with E-state index in [1.807, 2.05) is 30.3 Å².